The lowest BCUT2D eigenvalue weighted by Gasteiger charge is -2.31. The maximum Gasteiger partial charge on any atom is 0.362 e. The van der Waals surface area contributed by atoms with Gasteiger partial charge in [0.2, 0.25) is 0 Å². The molecule has 0 bridgehead atoms. The van der Waals surface area contributed by atoms with E-state index in [1.807, 2.05) is 21.1 Å². The number of ether oxygens (including phenoxy) is 3. The van der Waals surface area contributed by atoms with Crippen molar-refractivity contribution in [3.05, 3.63) is 0 Å². The van der Waals surface area contributed by atoms with Crippen LogP contribution in [0.25, 0.3) is 0 Å². The monoisotopic (exact) mass is 783 g/mol. The molecule has 0 spiro atoms. The Balaban J connectivity index is 4.25. The second-order valence-corrected chi connectivity index (χ2v) is 17.4. The number of likely N-dealkylation sites (N-methyl/N-ethyl adjacent to an activating group) is 1. The Labute approximate surface area is 340 Å². The highest BCUT2D eigenvalue weighted by Crippen LogP contribution is 2.16. The van der Waals surface area contributed by atoms with Crippen LogP contribution in [0, 0.1) is 0 Å². The normalized spacial score (nSPS) is 12.8. The molecule has 8 nitrogen and oxygen atoms in total. The van der Waals surface area contributed by atoms with Gasteiger partial charge in [-0.3, -0.25) is 9.59 Å². The molecule has 0 aliphatic carbocycles. The standard InChI is InChI=1S/C47H91NO7/c1-6-8-10-12-14-16-18-20-22-23-24-26-28-30-32-34-36-38-46(50)55-43(41-53-40-39-44(47(51)52)48(3,4)5)42-54-45(49)37-35-33-31-29-27-25-21-19-17-15-13-11-9-7-2/h43-44H,6-42H2,1-5H3/p+1. The summed E-state index contributed by atoms with van der Waals surface area (Å²) in [6.07, 6.45) is 39.9. The minimum absolute atomic E-state index is 0.0417. The number of rotatable bonds is 43. The summed E-state index contributed by atoms with van der Waals surface area (Å²) < 4.78 is 17.3. The van der Waals surface area contributed by atoms with E-state index in [0.29, 0.717) is 19.3 Å². The SMILES string of the molecule is CCCCCCCCCCCCCCCCCCCC(=O)OC(COCCC(C(=O)O)[N+](C)(C)C)COC(=O)CCCCCCCCCCCCCCCC. The maximum atomic E-state index is 12.7. The van der Waals surface area contributed by atoms with Crippen LogP contribution in [0.4, 0.5) is 0 Å². The van der Waals surface area contributed by atoms with Crippen LogP contribution in [0.3, 0.4) is 0 Å². The first kappa shape index (κ1) is 53.3. The number of carboxylic acids is 1. The Hall–Kier alpha value is -1.67. The number of unbranched alkanes of at least 4 members (excludes halogenated alkanes) is 29. The second kappa shape index (κ2) is 39.2. The fourth-order valence-corrected chi connectivity index (χ4v) is 7.33. The average molecular weight is 783 g/mol. The fraction of sp³-hybridized carbons (Fsp3) is 0.936. The Morgan fingerprint density at radius 3 is 1.13 bits per heavy atom. The third-order valence-electron chi connectivity index (χ3n) is 11.0. The minimum Gasteiger partial charge on any atom is -0.477 e. The fourth-order valence-electron chi connectivity index (χ4n) is 7.33. The molecule has 1 N–H and O–H groups in total. The zero-order valence-corrected chi connectivity index (χ0v) is 37.2. The molecular weight excluding hydrogens is 691 g/mol. The molecule has 55 heavy (non-hydrogen) atoms. The van der Waals surface area contributed by atoms with E-state index in [9.17, 15) is 19.5 Å². The summed E-state index contributed by atoms with van der Waals surface area (Å²) in [4.78, 5) is 37.0. The molecule has 0 aliphatic rings. The average Bonchev–Trinajstić information content (AvgIpc) is 3.14. The lowest BCUT2D eigenvalue weighted by Crippen LogP contribution is -2.50. The number of hydrogen-bond donors (Lipinski definition) is 1. The predicted molar refractivity (Wildman–Crippen MR) is 229 cm³/mol. The molecule has 0 saturated carbocycles. The van der Waals surface area contributed by atoms with Crippen molar-refractivity contribution in [3.63, 3.8) is 0 Å². The van der Waals surface area contributed by atoms with E-state index in [-0.39, 0.29) is 36.2 Å². The van der Waals surface area contributed by atoms with E-state index in [1.54, 1.807) is 0 Å². The summed E-state index contributed by atoms with van der Waals surface area (Å²) in [5.74, 6) is -1.44. The first-order valence-electron chi connectivity index (χ1n) is 23.6. The number of carbonyl (C=O) groups is 3. The van der Waals surface area contributed by atoms with E-state index in [4.69, 9.17) is 14.2 Å². The van der Waals surface area contributed by atoms with Crippen molar-refractivity contribution in [2.45, 2.75) is 244 Å². The van der Waals surface area contributed by atoms with Crippen LogP contribution < -0.4 is 0 Å². The quantitative estimate of drug-likeness (QED) is 0.0373. The smallest absolute Gasteiger partial charge is 0.362 e. The summed E-state index contributed by atoms with van der Waals surface area (Å²) in [6.45, 7) is 4.78. The third kappa shape index (κ3) is 37.7. The van der Waals surface area contributed by atoms with Crippen LogP contribution >= 0.6 is 0 Å². The van der Waals surface area contributed by atoms with Crippen LogP contribution in [-0.4, -0.2) is 80.6 Å². The van der Waals surface area contributed by atoms with Gasteiger partial charge in [0.25, 0.3) is 0 Å². The molecule has 0 rings (SSSR count). The predicted octanol–water partition coefficient (Wildman–Crippen LogP) is 12.9. The van der Waals surface area contributed by atoms with E-state index in [2.05, 4.69) is 13.8 Å². The van der Waals surface area contributed by atoms with Crippen molar-refractivity contribution in [2.24, 2.45) is 0 Å². The highest BCUT2D eigenvalue weighted by molar-refractivity contribution is 5.72. The Bertz CT molecular complexity index is 874. The Morgan fingerprint density at radius 2 is 0.800 bits per heavy atom. The molecule has 8 heteroatoms. The van der Waals surface area contributed by atoms with Crippen molar-refractivity contribution < 1.29 is 38.2 Å². The van der Waals surface area contributed by atoms with Gasteiger partial charge >= 0.3 is 17.9 Å². The first-order chi connectivity index (χ1) is 26.6. The van der Waals surface area contributed by atoms with Crippen molar-refractivity contribution in [1.82, 2.24) is 0 Å². The minimum atomic E-state index is -0.870. The number of aliphatic carboxylic acids is 1. The zero-order valence-electron chi connectivity index (χ0n) is 37.2. The second-order valence-electron chi connectivity index (χ2n) is 17.4. The number of nitrogens with zero attached hydrogens (tertiary/aromatic N) is 1. The lowest BCUT2D eigenvalue weighted by molar-refractivity contribution is -0.887. The van der Waals surface area contributed by atoms with Gasteiger partial charge in [0.05, 0.1) is 34.4 Å². The van der Waals surface area contributed by atoms with Crippen molar-refractivity contribution in [3.8, 4) is 0 Å². The molecule has 0 heterocycles. The molecule has 326 valence electrons. The van der Waals surface area contributed by atoms with Crippen LogP contribution in [0.15, 0.2) is 0 Å². The van der Waals surface area contributed by atoms with Crippen molar-refractivity contribution in [2.75, 3.05) is 41.0 Å². The summed E-state index contributed by atoms with van der Waals surface area (Å²) in [5.41, 5.74) is 0. The summed E-state index contributed by atoms with van der Waals surface area (Å²) >= 11 is 0. The van der Waals surface area contributed by atoms with Crippen molar-refractivity contribution >= 4 is 17.9 Å². The summed E-state index contributed by atoms with van der Waals surface area (Å²) in [7, 11) is 5.54. The number of quaternary nitrogens is 1. The van der Waals surface area contributed by atoms with Gasteiger partial charge in [0.1, 0.15) is 6.61 Å². The van der Waals surface area contributed by atoms with Gasteiger partial charge in [0, 0.05) is 19.3 Å². The molecule has 0 aromatic carbocycles. The van der Waals surface area contributed by atoms with Crippen LogP contribution in [0.2, 0.25) is 0 Å². The topological polar surface area (TPSA) is 99.1 Å². The highest BCUT2D eigenvalue weighted by Gasteiger charge is 2.31. The largest absolute Gasteiger partial charge is 0.477 e. The number of carboxylic acid groups (broad SMARTS) is 1. The first-order valence-corrected chi connectivity index (χ1v) is 23.6. The van der Waals surface area contributed by atoms with Gasteiger partial charge in [-0.05, 0) is 12.8 Å². The molecular formula is C47H92NO7+. The summed E-state index contributed by atoms with van der Waals surface area (Å²) in [5, 5.41) is 9.62. The molecule has 2 atom stereocenters. The summed E-state index contributed by atoms with van der Waals surface area (Å²) in [6, 6.07) is -0.608. The third-order valence-corrected chi connectivity index (χ3v) is 11.0. The molecule has 0 fully saturated rings. The van der Waals surface area contributed by atoms with Crippen LogP contribution in [0.1, 0.15) is 232 Å². The number of carbonyl (C=O) groups excluding carboxylic acids is 2. The van der Waals surface area contributed by atoms with E-state index >= 15 is 0 Å². The van der Waals surface area contributed by atoms with Crippen LogP contribution in [0.5, 0.6) is 0 Å². The van der Waals surface area contributed by atoms with Gasteiger partial charge < -0.3 is 23.8 Å². The van der Waals surface area contributed by atoms with Gasteiger partial charge in [-0.25, -0.2) is 4.79 Å². The molecule has 0 saturated heterocycles. The van der Waals surface area contributed by atoms with Gasteiger partial charge in [-0.2, -0.15) is 0 Å². The molecule has 0 radical (unpaired) electrons. The van der Waals surface area contributed by atoms with E-state index in [1.165, 1.54) is 161 Å². The van der Waals surface area contributed by atoms with Gasteiger partial charge in [-0.15, -0.1) is 0 Å². The molecule has 0 amide bonds. The van der Waals surface area contributed by atoms with Gasteiger partial charge in [0.15, 0.2) is 12.1 Å². The number of esters is 2. The zero-order chi connectivity index (χ0) is 40.7. The van der Waals surface area contributed by atoms with Crippen LogP contribution in [-0.2, 0) is 28.6 Å². The lowest BCUT2D eigenvalue weighted by atomic mass is 10.0. The Kier molecular flexibility index (Phi) is 38.0. The van der Waals surface area contributed by atoms with E-state index in [0.717, 1.165) is 38.5 Å². The highest BCUT2D eigenvalue weighted by atomic mass is 16.6. The van der Waals surface area contributed by atoms with Crippen molar-refractivity contribution in [1.29, 1.82) is 0 Å². The van der Waals surface area contributed by atoms with E-state index < -0.39 is 18.1 Å². The maximum absolute atomic E-state index is 12.7. The van der Waals surface area contributed by atoms with Gasteiger partial charge in [-0.1, -0.05) is 200 Å². The molecule has 2 unspecified atom stereocenters. The molecule has 0 aromatic heterocycles. The molecule has 0 aliphatic heterocycles. The number of hydrogen-bond acceptors (Lipinski definition) is 6. The molecule has 0 aromatic rings. The Morgan fingerprint density at radius 1 is 0.473 bits per heavy atom.